The summed E-state index contributed by atoms with van der Waals surface area (Å²) in [6.07, 6.45) is 0. The number of hydrogen-bond acceptors (Lipinski definition) is 4. The fourth-order valence-corrected chi connectivity index (χ4v) is 3.39. The van der Waals surface area contributed by atoms with E-state index in [1.54, 1.807) is 0 Å². The van der Waals surface area contributed by atoms with Gasteiger partial charge in [0.15, 0.2) is 5.96 Å². The van der Waals surface area contributed by atoms with Gasteiger partial charge in [0.05, 0.1) is 25.4 Å². The van der Waals surface area contributed by atoms with Gasteiger partial charge in [0, 0.05) is 37.2 Å². The lowest BCUT2D eigenvalue weighted by molar-refractivity contribution is -0.0201. The summed E-state index contributed by atoms with van der Waals surface area (Å²) < 4.78 is 6.44. The first-order valence-corrected chi connectivity index (χ1v) is 9.98. The van der Waals surface area contributed by atoms with Gasteiger partial charge in [-0.15, -0.1) is 0 Å². The quantitative estimate of drug-likeness (QED) is 0.458. The third kappa shape index (κ3) is 7.23. The van der Waals surface area contributed by atoms with Crippen LogP contribution in [0.1, 0.15) is 25.0 Å². The molecule has 1 aromatic carbocycles. The molecule has 0 radical (unpaired) electrons. The molecule has 1 aliphatic heterocycles. The standard InChI is InChI=1S/C19H31BrN4O2/c1-4-21-18(22-12-16-5-6-17(20)11-15(16)2)23-13-19(3,25)14-24-7-9-26-10-8-24/h5-6,11,25H,4,7-10,12-14H2,1-3H3,(H2,21,22,23). The van der Waals surface area contributed by atoms with Gasteiger partial charge in [-0.3, -0.25) is 4.90 Å². The lowest BCUT2D eigenvalue weighted by Crippen LogP contribution is -2.52. The maximum Gasteiger partial charge on any atom is 0.191 e. The summed E-state index contributed by atoms with van der Waals surface area (Å²) in [4.78, 5) is 6.90. The number of morpholine rings is 1. The van der Waals surface area contributed by atoms with E-state index in [-0.39, 0.29) is 0 Å². The Bertz CT molecular complexity index is 601. The van der Waals surface area contributed by atoms with Crippen LogP contribution in [0.25, 0.3) is 0 Å². The summed E-state index contributed by atoms with van der Waals surface area (Å²) in [5.41, 5.74) is 1.56. The van der Waals surface area contributed by atoms with Crippen molar-refractivity contribution in [2.45, 2.75) is 32.9 Å². The number of aliphatic imine (C=N–C) groups is 1. The molecule has 6 nitrogen and oxygen atoms in total. The lowest BCUT2D eigenvalue weighted by atomic mass is 10.1. The highest BCUT2D eigenvalue weighted by Gasteiger charge is 2.25. The summed E-state index contributed by atoms with van der Waals surface area (Å²) >= 11 is 3.49. The zero-order valence-electron chi connectivity index (χ0n) is 16.0. The number of rotatable bonds is 7. The Morgan fingerprint density at radius 1 is 1.35 bits per heavy atom. The molecule has 0 bridgehead atoms. The first-order valence-electron chi connectivity index (χ1n) is 9.19. The summed E-state index contributed by atoms with van der Waals surface area (Å²) in [7, 11) is 0. The van der Waals surface area contributed by atoms with Crippen LogP contribution < -0.4 is 10.6 Å². The number of nitrogens with zero attached hydrogens (tertiary/aromatic N) is 2. The first kappa shape index (κ1) is 21.2. The van der Waals surface area contributed by atoms with Crippen LogP contribution in [0.3, 0.4) is 0 Å². The van der Waals surface area contributed by atoms with Crippen LogP contribution in [-0.2, 0) is 11.3 Å². The summed E-state index contributed by atoms with van der Waals surface area (Å²) in [5.74, 6) is 0.720. The largest absolute Gasteiger partial charge is 0.387 e. The molecule has 0 aromatic heterocycles. The lowest BCUT2D eigenvalue weighted by Gasteiger charge is -2.34. The zero-order valence-corrected chi connectivity index (χ0v) is 17.6. The number of guanidine groups is 1. The third-order valence-corrected chi connectivity index (χ3v) is 4.85. The van der Waals surface area contributed by atoms with E-state index in [0.717, 1.165) is 43.3 Å². The molecule has 26 heavy (non-hydrogen) atoms. The van der Waals surface area contributed by atoms with Crippen molar-refractivity contribution in [2.75, 3.05) is 45.9 Å². The average Bonchev–Trinajstić information content (AvgIpc) is 2.59. The van der Waals surface area contributed by atoms with Crippen LogP contribution >= 0.6 is 15.9 Å². The molecule has 0 spiro atoms. The normalized spacial score (nSPS) is 18.4. The van der Waals surface area contributed by atoms with E-state index in [4.69, 9.17) is 4.74 Å². The molecule has 1 heterocycles. The Labute approximate surface area is 165 Å². The minimum Gasteiger partial charge on any atom is -0.387 e. The van der Waals surface area contributed by atoms with Gasteiger partial charge < -0.3 is 20.5 Å². The Morgan fingerprint density at radius 2 is 2.08 bits per heavy atom. The molecule has 1 aromatic rings. The van der Waals surface area contributed by atoms with E-state index in [2.05, 4.69) is 55.5 Å². The van der Waals surface area contributed by atoms with Crippen LogP contribution in [0.4, 0.5) is 0 Å². The average molecular weight is 427 g/mol. The first-order chi connectivity index (χ1) is 12.4. The van der Waals surface area contributed by atoms with Gasteiger partial charge in [0.1, 0.15) is 0 Å². The van der Waals surface area contributed by atoms with E-state index in [1.807, 2.05) is 19.9 Å². The van der Waals surface area contributed by atoms with Crippen LogP contribution in [0, 0.1) is 6.92 Å². The molecule has 146 valence electrons. The molecule has 1 saturated heterocycles. The van der Waals surface area contributed by atoms with Gasteiger partial charge in [-0.05, 0) is 44.0 Å². The maximum atomic E-state index is 10.7. The molecule has 1 unspecified atom stereocenters. The third-order valence-electron chi connectivity index (χ3n) is 4.36. The summed E-state index contributed by atoms with van der Waals surface area (Å²) in [5, 5.41) is 17.2. The Kier molecular flexibility index (Phi) is 8.34. The van der Waals surface area contributed by atoms with E-state index in [9.17, 15) is 5.11 Å². The number of nitrogens with one attached hydrogen (secondary N) is 2. The van der Waals surface area contributed by atoms with E-state index in [0.29, 0.717) is 19.6 Å². The molecule has 1 atom stereocenters. The summed E-state index contributed by atoms with van der Waals surface area (Å²) in [6, 6.07) is 6.21. The minimum absolute atomic E-state index is 0.440. The highest BCUT2D eigenvalue weighted by atomic mass is 79.9. The fourth-order valence-electron chi connectivity index (χ4n) is 2.91. The smallest absolute Gasteiger partial charge is 0.191 e. The molecule has 7 heteroatoms. The van der Waals surface area contributed by atoms with Crippen LogP contribution in [-0.4, -0.2) is 67.5 Å². The second kappa shape index (κ2) is 10.3. The summed E-state index contributed by atoms with van der Waals surface area (Å²) in [6.45, 7) is 11.6. The van der Waals surface area contributed by atoms with E-state index >= 15 is 0 Å². The highest BCUT2D eigenvalue weighted by Crippen LogP contribution is 2.16. The predicted molar refractivity (Wildman–Crippen MR) is 110 cm³/mol. The van der Waals surface area contributed by atoms with Gasteiger partial charge >= 0.3 is 0 Å². The molecule has 0 amide bonds. The molecule has 1 fully saturated rings. The number of hydrogen-bond donors (Lipinski definition) is 3. The molecule has 1 aliphatic rings. The van der Waals surface area contributed by atoms with Crippen molar-refractivity contribution in [1.82, 2.24) is 15.5 Å². The zero-order chi connectivity index (χ0) is 19.0. The Balaban J connectivity index is 1.91. The van der Waals surface area contributed by atoms with Crippen molar-refractivity contribution in [3.8, 4) is 0 Å². The number of ether oxygens (including phenoxy) is 1. The van der Waals surface area contributed by atoms with Gasteiger partial charge in [-0.2, -0.15) is 0 Å². The fraction of sp³-hybridized carbons (Fsp3) is 0.632. The van der Waals surface area contributed by atoms with Gasteiger partial charge in [0.25, 0.3) is 0 Å². The minimum atomic E-state index is -0.832. The van der Waals surface area contributed by atoms with Crippen molar-refractivity contribution in [1.29, 1.82) is 0 Å². The second-order valence-electron chi connectivity index (χ2n) is 7.00. The van der Waals surface area contributed by atoms with Crippen LogP contribution in [0.15, 0.2) is 27.7 Å². The molecular weight excluding hydrogens is 396 g/mol. The van der Waals surface area contributed by atoms with E-state index in [1.165, 1.54) is 11.1 Å². The van der Waals surface area contributed by atoms with Gasteiger partial charge in [0.2, 0.25) is 0 Å². The monoisotopic (exact) mass is 426 g/mol. The molecule has 0 aliphatic carbocycles. The number of benzene rings is 1. The molecule has 0 saturated carbocycles. The van der Waals surface area contributed by atoms with Crippen molar-refractivity contribution in [3.05, 3.63) is 33.8 Å². The van der Waals surface area contributed by atoms with Crippen molar-refractivity contribution < 1.29 is 9.84 Å². The van der Waals surface area contributed by atoms with Crippen LogP contribution in [0.5, 0.6) is 0 Å². The number of aliphatic hydroxyl groups is 1. The topological polar surface area (TPSA) is 69.1 Å². The predicted octanol–water partition coefficient (Wildman–Crippen LogP) is 1.90. The van der Waals surface area contributed by atoms with Crippen molar-refractivity contribution in [2.24, 2.45) is 4.99 Å². The number of halogens is 1. The van der Waals surface area contributed by atoms with E-state index < -0.39 is 5.60 Å². The number of aryl methyl sites for hydroxylation is 1. The van der Waals surface area contributed by atoms with Crippen LogP contribution in [0.2, 0.25) is 0 Å². The van der Waals surface area contributed by atoms with Gasteiger partial charge in [-0.1, -0.05) is 22.0 Å². The maximum absolute atomic E-state index is 10.7. The molecule has 2 rings (SSSR count). The molecule has 3 N–H and O–H groups in total. The highest BCUT2D eigenvalue weighted by molar-refractivity contribution is 9.10. The van der Waals surface area contributed by atoms with Gasteiger partial charge in [-0.25, -0.2) is 4.99 Å². The Hall–Kier alpha value is -1.15. The molecular formula is C19H31BrN4O2. The Morgan fingerprint density at radius 3 is 2.73 bits per heavy atom. The second-order valence-corrected chi connectivity index (χ2v) is 7.92. The van der Waals surface area contributed by atoms with Crippen molar-refractivity contribution >= 4 is 21.9 Å². The van der Waals surface area contributed by atoms with Crippen molar-refractivity contribution in [3.63, 3.8) is 0 Å². The SMILES string of the molecule is CCNC(=NCc1ccc(Br)cc1C)NCC(C)(O)CN1CCOCC1. The number of β-amino-alcohol motifs (C(OH)–C–C–N with tert-alkyl or cyclic N) is 1.